The van der Waals surface area contributed by atoms with E-state index in [1.807, 2.05) is 12.5 Å². The van der Waals surface area contributed by atoms with E-state index in [0.29, 0.717) is 6.04 Å². The zero-order valence-corrected chi connectivity index (χ0v) is 11.5. The van der Waals surface area contributed by atoms with Gasteiger partial charge in [0.15, 0.2) is 0 Å². The van der Waals surface area contributed by atoms with Gasteiger partial charge in [0.05, 0.1) is 6.33 Å². The van der Waals surface area contributed by atoms with Crippen molar-refractivity contribution in [2.45, 2.75) is 71.8 Å². The van der Waals surface area contributed by atoms with Crippen molar-refractivity contribution >= 4 is 0 Å². The Kier molecular flexibility index (Phi) is 4.57. The maximum absolute atomic E-state index is 4.34. The van der Waals surface area contributed by atoms with Gasteiger partial charge in [-0.25, -0.2) is 4.98 Å². The molecule has 0 aromatic carbocycles. The highest BCUT2D eigenvalue weighted by Gasteiger charge is 2.24. The van der Waals surface area contributed by atoms with Crippen LogP contribution in [0.25, 0.3) is 0 Å². The molecule has 0 fully saturated rings. The molecular weight excluding hydrogens is 196 g/mol. The van der Waals surface area contributed by atoms with E-state index in [9.17, 15) is 0 Å². The molecule has 1 aromatic heterocycles. The van der Waals surface area contributed by atoms with E-state index < -0.39 is 0 Å². The lowest BCUT2D eigenvalue weighted by molar-refractivity contribution is 0.400. The van der Waals surface area contributed by atoms with Gasteiger partial charge in [-0.15, -0.1) is 0 Å². The van der Waals surface area contributed by atoms with Crippen LogP contribution in [0.5, 0.6) is 0 Å². The van der Waals surface area contributed by atoms with E-state index in [1.165, 1.54) is 31.4 Å². The second-order valence-electron chi connectivity index (χ2n) is 5.46. The minimum absolute atomic E-state index is 0.243. The fourth-order valence-electron chi connectivity index (χ4n) is 2.49. The van der Waals surface area contributed by atoms with Crippen molar-refractivity contribution in [1.82, 2.24) is 9.55 Å². The fraction of sp³-hybridized carbons (Fsp3) is 0.786. The van der Waals surface area contributed by atoms with Crippen molar-refractivity contribution in [3.63, 3.8) is 0 Å². The van der Waals surface area contributed by atoms with Gasteiger partial charge in [0.2, 0.25) is 0 Å². The maximum Gasteiger partial charge on any atom is 0.0950 e. The third-order valence-electron chi connectivity index (χ3n) is 3.42. The molecule has 1 aromatic rings. The van der Waals surface area contributed by atoms with Gasteiger partial charge in [0.1, 0.15) is 0 Å². The molecule has 0 amide bonds. The van der Waals surface area contributed by atoms with Gasteiger partial charge in [-0.05, 0) is 19.8 Å². The van der Waals surface area contributed by atoms with Gasteiger partial charge in [0, 0.05) is 23.3 Å². The highest BCUT2D eigenvalue weighted by Crippen LogP contribution is 2.30. The Morgan fingerprint density at radius 3 is 2.56 bits per heavy atom. The number of hydrogen-bond acceptors (Lipinski definition) is 1. The first-order valence-electron chi connectivity index (χ1n) is 6.55. The summed E-state index contributed by atoms with van der Waals surface area (Å²) in [6.45, 7) is 11.4. The van der Waals surface area contributed by atoms with E-state index >= 15 is 0 Å². The van der Waals surface area contributed by atoms with Crippen LogP contribution < -0.4 is 0 Å². The Morgan fingerprint density at radius 1 is 1.31 bits per heavy atom. The Balaban J connectivity index is 2.93. The number of imidazole rings is 1. The molecule has 0 saturated carbocycles. The summed E-state index contributed by atoms with van der Waals surface area (Å²) in [5.74, 6) is 0. The molecule has 0 bridgehead atoms. The van der Waals surface area contributed by atoms with Crippen LogP contribution in [0.1, 0.15) is 72.0 Å². The summed E-state index contributed by atoms with van der Waals surface area (Å²) < 4.78 is 2.36. The summed E-state index contributed by atoms with van der Waals surface area (Å²) >= 11 is 0. The second-order valence-corrected chi connectivity index (χ2v) is 5.46. The Morgan fingerprint density at radius 2 is 2.00 bits per heavy atom. The molecule has 0 N–H and O–H groups in total. The Hall–Kier alpha value is -0.790. The van der Waals surface area contributed by atoms with Crippen LogP contribution in [0.2, 0.25) is 0 Å². The fourth-order valence-corrected chi connectivity index (χ4v) is 2.49. The van der Waals surface area contributed by atoms with Crippen LogP contribution in [0.4, 0.5) is 0 Å². The second kappa shape index (κ2) is 5.51. The highest BCUT2D eigenvalue weighted by atomic mass is 15.1. The lowest BCUT2D eigenvalue weighted by Crippen LogP contribution is -2.22. The molecule has 0 radical (unpaired) electrons. The van der Waals surface area contributed by atoms with E-state index in [4.69, 9.17) is 0 Å². The van der Waals surface area contributed by atoms with Crippen LogP contribution >= 0.6 is 0 Å². The molecule has 0 aliphatic carbocycles. The first kappa shape index (κ1) is 13.3. The Labute approximate surface area is 100 Å². The van der Waals surface area contributed by atoms with Gasteiger partial charge < -0.3 is 4.57 Å². The molecule has 0 spiro atoms. The van der Waals surface area contributed by atoms with E-state index in [0.717, 1.165) is 0 Å². The monoisotopic (exact) mass is 222 g/mol. The molecule has 92 valence electrons. The quantitative estimate of drug-likeness (QED) is 0.701. The average Bonchev–Trinajstić information content (AvgIpc) is 2.66. The number of nitrogens with zero attached hydrogens (tertiary/aromatic N) is 2. The summed E-state index contributed by atoms with van der Waals surface area (Å²) in [6.07, 6.45) is 8.94. The molecular formula is C14H26N2. The topological polar surface area (TPSA) is 17.8 Å². The summed E-state index contributed by atoms with van der Waals surface area (Å²) in [6, 6.07) is 0.568. The lowest BCUT2D eigenvalue weighted by atomic mass is 9.84. The van der Waals surface area contributed by atoms with Crippen LogP contribution in [0, 0.1) is 0 Å². The predicted octanol–water partition coefficient (Wildman–Crippen LogP) is 4.32. The first-order chi connectivity index (χ1) is 7.53. The largest absolute Gasteiger partial charge is 0.331 e. The molecule has 1 heterocycles. The molecule has 0 aliphatic rings. The van der Waals surface area contributed by atoms with Gasteiger partial charge in [-0.2, -0.15) is 0 Å². The van der Waals surface area contributed by atoms with Crippen molar-refractivity contribution in [3.05, 3.63) is 18.2 Å². The molecule has 1 unspecified atom stereocenters. The van der Waals surface area contributed by atoms with Crippen molar-refractivity contribution in [2.75, 3.05) is 0 Å². The van der Waals surface area contributed by atoms with Gasteiger partial charge in [0.25, 0.3) is 0 Å². The number of aromatic nitrogens is 2. The number of hydrogen-bond donors (Lipinski definition) is 0. The van der Waals surface area contributed by atoms with E-state index in [1.54, 1.807) is 0 Å². The van der Waals surface area contributed by atoms with Crippen LogP contribution in [0.3, 0.4) is 0 Å². The van der Waals surface area contributed by atoms with Gasteiger partial charge in [-0.1, -0.05) is 40.5 Å². The normalized spacial score (nSPS) is 14.1. The van der Waals surface area contributed by atoms with Crippen molar-refractivity contribution in [3.8, 4) is 0 Å². The SMILES string of the molecule is CCCC(C)n1cncc1C(C)(C)CCC. The van der Waals surface area contributed by atoms with Crippen molar-refractivity contribution < 1.29 is 0 Å². The van der Waals surface area contributed by atoms with Crippen LogP contribution in [0.15, 0.2) is 12.5 Å². The zero-order chi connectivity index (χ0) is 12.2. The molecule has 0 saturated heterocycles. The third kappa shape index (κ3) is 2.87. The molecule has 1 rings (SSSR count). The molecule has 0 aliphatic heterocycles. The molecule has 16 heavy (non-hydrogen) atoms. The van der Waals surface area contributed by atoms with Crippen molar-refractivity contribution in [1.29, 1.82) is 0 Å². The third-order valence-corrected chi connectivity index (χ3v) is 3.42. The zero-order valence-electron chi connectivity index (χ0n) is 11.5. The summed E-state index contributed by atoms with van der Waals surface area (Å²) in [5, 5.41) is 0. The van der Waals surface area contributed by atoms with E-state index in [2.05, 4.69) is 44.2 Å². The molecule has 1 atom stereocenters. The first-order valence-corrected chi connectivity index (χ1v) is 6.55. The minimum Gasteiger partial charge on any atom is -0.331 e. The van der Waals surface area contributed by atoms with E-state index in [-0.39, 0.29) is 5.41 Å². The van der Waals surface area contributed by atoms with Crippen LogP contribution in [-0.2, 0) is 5.41 Å². The van der Waals surface area contributed by atoms with Gasteiger partial charge in [-0.3, -0.25) is 0 Å². The maximum atomic E-state index is 4.34. The predicted molar refractivity (Wildman–Crippen MR) is 69.8 cm³/mol. The smallest absolute Gasteiger partial charge is 0.0950 e. The number of rotatable bonds is 6. The summed E-state index contributed by atoms with van der Waals surface area (Å²) in [5.41, 5.74) is 1.63. The molecule has 2 heteroatoms. The summed E-state index contributed by atoms with van der Waals surface area (Å²) in [4.78, 5) is 4.34. The average molecular weight is 222 g/mol. The lowest BCUT2D eigenvalue weighted by Gasteiger charge is -2.28. The standard InChI is InChI=1S/C14H26N2/c1-6-8-12(3)16-11-15-10-13(16)14(4,5)9-7-2/h10-12H,6-9H2,1-5H3. The van der Waals surface area contributed by atoms with Crippen molar-refractivity contribution in [2.24, 2.45) is 0 Å². The highest BCUT2D eigenvalue weighted by molar-refractivity contribution is 5.13. The minimum atomic E-state index is 0.243. The molecule has 2 nitrogen and oxygen atoms in total. The van der Waals surface area contributed by atoms with Crippen LogP contribution in [-0.4, -0.2) is 9.55 Å². The summed E-state index contributed by atoms with van der Waals surface area (Å²) in [7, 11) is 0. The van der Waals surface area contributed by atoms with Gasteiger partial charge >= 0.3 is 0 Å². The Bertz CT molecular complexity index is 312.